The SMILES string of the molecule is COc1cc(C)ccc1CCC(=O)C[C@H](CCO)c1nnc(C2CC(CC(C)C)C2)n1C1CC1. The fourth-order valence-electron chi connectivity index (χ4n) is 5.57. The normalized spacial score (nSPS) is 20.9. The Bertz CT molecular complexity index is 973. The molecule has 6 heteroatoms. The van der Waals surface area contributed by atoms with Crippen molar-refractivity contribution < 1.29 is 14.6 Å². The molecule has 0 unspecified atom stereocenters. The van der Waals surface area contributed by atoms with E-state index < -0.39 is 0 Å². The van der Waals surface area contributed by atoms with Crippen LogP contribution in [0.2, 0.25) is 0 Å². The highest BCUT2D eigenvalue weighted by atomic mass is 16.5. The molecule has 6 nitrogen and oxygen atoms in total. The number of methoxy groups -OCH3 is 1. The number of aliphatic hydroxyl groups is 1. The molecule has 186 valence electrons. The number of carbonyl (C=O) groups excluding carboxylic acids is 1. The van der Waals surface area contributed by atoms with Crippen molar-refractivity contribution in [3.05, 3.63) is 41.0 Å². The second kappa shape index (κ2) is 11.0. The largest absolute Gasteiger partial charge is 0.496 e. The van der Waals surface area contributed by atoms with Crippen molar-refractivity contribution in [3.8, 4) is 5.75 Å². The third kappa shape index (κ3) is 5.88. The molecule has 0 spiro atoms. The van der Waals surface area contributed by atoms with Gasteiger partial charge in [0.25, 0.3) is 0 Å². The summed E-state index contributed by atoms with van der Waals surface area (Å²) in [5.41, 5.74) is 2.21. The zero-order valence-electron chi connectivity index (χ0n) is 21.3. The molecule has 1 heterocycles. The molecule has 34 heavy (non-hydrogen) atoms. The predicted molar refractivity (Wildman–Crippen MR) is 133 cm³/mol. The van der Waals surface area contributed by atoms with Gasteiger partial charge in [-0.15, -0.1) is 10.2 Å². The second-order valence-corrected chi connectivity index (χ2v) is 10.9. The van der Waals surface area contributed by atoms with Gasteiger partial charge < -0.3 is 14.4 Å². The Labute approximate surface area is 204 Å². The molecule has 2 aliphatic rings. The number of ketones is 1. The number of aliphatic hydroxyl groups excluding tert-OH is 1. The summed E-state index contributed by atoms with van der Waals surface area (Å²) in [6.45, 7) is 6.68. The first-order chi connectivity index (χ1) is 16.4. The quantitative estimate of drug-likeness (QED) is 0.419. The lowest BCUT2D eigenvalue weighted by Gasteiger charge is -2.36. The van der Waals surface area contributed by atoms with Crippen molar-refractivity contribution in [2.24, 2.45) is 11.8 Å². The first-order valence-corrected chi connectivity index (χ1v) is 13.1. The van der Waals surface area contributed by atoms with Crippen LogP contribution in [0.25, 0.3) is 0 Å². The molecule has 1 aromatic carbocycles. The van der Waals surface area contributed by atoms with E-state index in [-0.39, 0.29) is 18.3 Å². The number of nitrogens with zero attached hydrogens (tertiary/aromatic N) is 3. The van der Waals surface area contributed by atoms with E-state index in [2.05, 4.69) is 34.7 Å². The molecule has 1 N–H and O–H groups in total. The smallest absolute Gasteiger partial charge is 0.136 e. The van der Waals surface area contributed by atoms with E-state index in [4.69, 9.17) is 4.74 Å². The molecular formula is C28H41N3O3. The average Bonchev–Trinajstić information content (AvgIpc) is 3.53. The molecule has 2 saturated carbocycles. The van der Waals surface area contributed by atoms with Crippen molar-refractivity contribution in [2.75, 3.05) is 13.7 Å². The summed E-state index contributed by atoms with van der Waals surface area (Å²) < 4.78 is 7.85. The molecular weight excluding hydrogens is 426 g/mol. The van der Waals surface area contributed by atoms with Crippen LogP contribution in [0.15, 0.2) is 18.2 Å². The molecule has 0 bridgehead atoms. The van der Waals surface area contributed by atoms with Crippen LogP contribution in [0, 0.1) is 18.8 Å². The summed E-state index contributed by atoms with van der Waals surface area (Å²) in [7, 11) is 1.67. The maximum Gasteiger partial charge on any atom is 0.136 e. The minimum absolute atomic E-state index is 0.0521. The highest BCUT2D eigenvalue weighted by Gasteiger charge is 2.39. The van der Waals surface area contributed by atoms with Crippen LogP contribution in [0.1, 0.15) is 106 Å². The maximum atomic E-state index is 13.0. The van der Waals surface area contributed by atoms with E-state index >= 15 is 0 Å². The van der Waals surface area contributed by atoms with Gasteiger partial charge in [0.1, 0.15) is 23.2 Å². The number of carbonyl (C=O) groups is 1. The van der Waals surface area contributed by atoms with Gasteiger partial charge in [0.05, 0.1) is 7.11 Å². The maximum absolute atomic E-state index is 13.0. The van der Waals surface area contributed by atoms with Crippen molar-refractivity contribution in [2.45, 2.75) is 96.4 Å². The van der Waals surface area contributed by atoms with Crippen LogP contribution in [0.5, 0.6) is 5.75 Å². The van der Waals surface area contributed by atoms with Crippen LogP contribution < -0.4 is 4.74 Å². The van der Waals surface area contributed by atoms with E-state index in [0.29, 0.717) is 37.6 Å². The molecule has 2 fully saturated rings. The van der Waals surface area contributed by atoms with Crippen LogP contribution in [-0.2, 0) is 11.2 Å². The predicted octanol–water partition coefficient (Wildman–Crippen LogP) is 5.53. The summed E-state index contributed by atoms with van der Waals surface area (Å²) >= 11 is 0. The Morgan fingerprint density at radius 1 is 1.24 bits per heavy atom. The lowest BCUT2D eigenvalue weighted by molar-refractivity contribution is -0.119. The third-order valence-electron chi connectivity index (χ3n) is 7.50. The van der Waals surface area contributed by atoms with Gasteiger partial charge in [0.15, 0.2) is 0 Å². The van der Waals surface area contributed by atoms with Crippen molar-refractivity contribution >= 4 is 5.78 Å². The monoisotopic (exact) mass is 467 g/mol. The summed E-state index contributed by atoms with van der Waals surface area (Å²) in [6.07, 6.45) is 8.08. The van der Waals surface area contributed by atoms with Gasteiger partial charge in [-0.05, 0) is 80.9 Å². The summed E-state index contributed by atoms with van der Waals surface area (Å²) in [4.78, 5) is 13.0. The molecule has 0 saturated heterocycles. The fourth-order valence-corrected chi connectivity index (χ4v) is 5.57. The summed E-state index contributed by atoms with van der Waals surface area (Å²) in [5, 5.41) is 19.0. The Morgan fingerprint density at radius 3 is 2.65 bits per heavy atom. The number of ether oxygens (including phenoxy) is 1. The highest BCUT2D eigenvalue weighted by Crippen LogP contribution is 2.48. The topological polar surface area (TPSA) is 77.2 Å². The number of aromatic nitrogens is 3. The van der Waals surface area contributed by atoms with E-state index in [1.54, 1.807) is 7.11 Å². The number of hydrogen-bond donors (Lipinski definition) is 1. The van der Waals surface area contributed by atoms with Gasteiger partial charge in [-0.25, -0.2) is 0 Å². The number of Topliss-reactive ketones (excluding diaryl/α,β-unsaturated/α-hetero) is 1. The molecule has 1 aromatic heterocycles. The Kier molecular flexibility index (Phi) is 8.07. The van der Waals surface area contributed by atoms with E-state index in [1.807, 2.05) is 19.1 Å². The van der Waals surface area contributed by atoms with Gasteiger partial charge in [-0.2, -0.15) is 0 Å². The first kappa shape index (κ1) is 24.9. The Morgan fingerprint density at radius 2 is 2.00 bits per heavy atom. The standard InChI is InChI=1S/C28H41N3O3/c1-18(2)13-20-15-23(16-20)28-30-29-27(31(28)24-8-9-24)22(11-12-32)17-25(33)10-7-21-6-5-19(3)14-26(21)34-4/h5-6,14,18,20,22-24,32H,7-13,15-17H2,1-4H3/t20?,22-,23?/m0/s1. The molecule has 0 amide bonds. The average molecular weight is 468 g/mol. The van der Waals surface area contributed by atoms with E-state index in [1.165, 1.54) is 19.3 Å². The van der Waals surface area contributed by atoms with E-state index in [9.17, 15) is 9.90 Å². The van der Waals surface area contributed by atoms with Gasteiger partial charge >= 0.3 is 0 Å². The van der Waals surface area contributed by atoms with Gasteiger partial charge in [-0.3, -0.25) is 4.79 Å². The van der Waals surface area contributed by atoms with E-state index in [0.717, 1.165) is 53.2 Å². The summed E-state index contributed by atoms with van der Waals surface area (Å²) in [6, 6.07) is 6.59. The van der Waals surface area contributed by atoms with Crippen LogP contribution in [-0.4, -0.2) is 39.4 Å². The first-order valence-electron chi connectivity index (χ1n) is 13.1. The fraction of sp³-hybridized carbons (Fsp3) is 0.679. The number of benzene rings is 1. The van der Waals surface area contributed by atoms with Gasteiger partial charge in [0.2, 0.25) is 0 Å². The lowest BCUT2D eigenvalue weighted by atomic mass is 9.71. The lowest BCUT2D eigenvalue weighted by Crippen LogP contribution is -2.26. The van der Waals surface area contributed by atoms with Crippen molar-refractivity contribution in [3.63, 3.8) is 0 Å². The molecule has 4 rings (SSSR count). The van der Waals surface area contributed by atoms with Gasteiger partial charge in [0, 0.05) is 37.3 Å². The zero-order chi connectivity index (χ0) is 24.2. The number of hydrogen-bond acceptors (Lipinski definition) is 5. The van der Waals surface area contributed by atoms with Gasteiger partial charge in [-0.1, -0.05) is 26.0 Å². The highest BCUT2D eigenvalue weighted by molar-refractivity contribution is 5.79. The molecule has 0 radical (unpaired) electrons. The molecule has 2 aliphatic carbocycles. The molecule has 1 atom stereocenters. The molecule has 2 aromatic rings. The number of aryl methyl sites for hydroxylation is 2. The third-order valence-corrected chi connectivity index (χ3v) is 7.50. The number of rotatable bonds is 13. The van der Waals surface area contributed by atoms with Crippen molar-refractivity contribution in [1.29, 1.82) is 0 Å². The second-order valence-electron chi connectivity index (χ2n) is 10.9. The Balaban J connectivity index is 1.43. The zero-order valence-corrected chi connectivity index (χ0v) is 21.3. The minimum Gasteiger partial charge on any atom is -0.496 e. The summed E-state index contributed by atoms with van der Waals surface area (Å²) in [5.74, 6) is 5.03. The van der Waals surface area contributed by atoms with Crippen LogP contribution in [0.4, 0.5) is 0 Å². The minimum atomic E-state index is -0.0780. The van der Waals surface area contributed by atoms with Crippen molar-refractivity contribution in [1.82, 2.24) is 14.8 Å². The van der Waals surface area contributed by atoms with Crippen LogP contribution >= 0.6 is 0 Å². The Hall–Kier alpha value is -2.21. The molecule has 0 aliphatic heterocycles. The van der Waals surface area contributed by atoms with Crippen LogP contribution in [0.3, 0.4) is 0 Å².